The van der Waals surface area contributed by atoms with E-state index < -0.39 is 30.3 Å². The number of rotatable bonds is 5. The van der Waals surface area contributed by atoms with E-state index in [2.05, 4.69) is 41.2 Å². The summed E-state index contributed by atoms with van der Waals surface area (Å²) in [5, 5.41) is 19.7. The molecule has 2 aromatic heterocycles. The zero-order valence-electron chi connectivity index (χ0n) is 23.9. The van der Waals surface area contributed by atoms with Crippen molar-refractivity contribution in [1.82, 2.24) is 30.5 Å². The van der Waals surface area contributed by atoms with Crippen LogP contribution in [0.2, 0.25) is 5.02 Å². The maximum absolute atomic E-state index is 14.1. The molecule has 2 amide bonds. The van der Waals surface area contributed by atoms with Crippen LogP contribution in [0.3, 0.4) is 0 Å². The molecule has 4 aromatic rings. The summed E-state index contributed by atoms with van der Waals surface area (Å²) in [5.41, 5.74) is 3.21. The molecule has 2 atom stereocenters. The van der Waals surface area contributed by atoms with Gasteiger partial charge in [0, 0.05) is 39.8 Å². The molecule has 11 nitrogen and oxygen atoms in total. The summed E-state index contributed by atoms with van der Waals surface area (Å²) in [7, 11) is 1.19. The lowest BCUT2D eigenvalue weighted by Gasteiger charge is -2.26. The van der Waals surface area contributed by atoms with Gasteiger partial charge >= 0.3 is 12.3 Å². The van der Waals surface area contributed by atoms with E-state index >= 15 is 0 Å². The number of carbonyl (C=O) groups is 2. The summed E-state index contributed by atoms with van der Waals surface area (Å²) in [5.74, 6) is -0.435. The Hall–Kier alpha value is -4.98. The van der Waals surface area contributed by atoms with Crippen molar-refractivity contribution in [3.05, 3.63) is 83.4 Å². The molecule has 45 heavy (non-hydrogen) atoms. The molecule has 0 saturated heterocycles. The van der Waals surface area contributed by atoms with Crippen molar-refractivity contribution in [2.45, 2.75) is 43.9 Å². The Kier molecular flexibility index (Phi) is 9.62. The zero-order chi connectivity index (χ0) is 32.0. The lowest BCUT2D eigenvalue weighted by atomic mass is 9.96. The number of nitrogens with one attached hydrogen (secondary N) is 3. The average molecular weight is 641 g/mol. The van der Waals surface area contributed by atoms with Crippen molar-refractivity contribution in [1.29, 1.82) is 0 Å². The Morgan fingerprint density at radius 3 is 2.69 bits per heavy atom. The number of hydrogen-bond acceptors (Lipinski definition) is 8. The van der Waals surface area contributed by atoms with Crippen molar-refractivity contribution in [2.75, 3.05) is 17.7 Å². The molecule has 0 aliphatic carbocycles. The van der Waals surface area contributed by atoms with Crippen LogP contribution >= 0.6 is 11.6 Å². The number of ether oxygens (including phenoxy) is 1. The molecule has 0 saturated carbocycles. The SMILES string of the molecule is COC(=O)Nc1ccc2c(c1)N[C@@H](C(F)(F)F)CCCC[C@H](NC(=O)/C=C/c1cc(Cl)ccc1-n1cnnn1)c1cc-2ccn1. The first-order valence-corrected chi connectivity index (χ1v) is 14.3. The molecule has 1 aliphatic rings. The Morgan fingerprint density at radius 1 is 1.11 bits per heavy atom. The molecule has 3 heterocycles. The third-order valence-electron chi connectivity index (χ3n) is 7.18. The molecular formula is C30H28ClF3N8O3. The van der Waals surface area contributed by atoms with Crippen LogP contribution in [0.1, 0.15) is 43.0 Å². The van der Waals surface area contributed by atoms with Gasteiger partial charge in [-0.25, -0.2) is 4.79 Å². The maximum atomic E-state index is 14.1. The van der Waals surface area contributed by atoms with E-state index in [1.54, 1.807) is 54.7 Å². The van der Waals surface area contributed by atoms with Crippen molar-refractivity contribution >= 4 is 41.1 Å². The highest BCUT2D eigenvalue weighted by molar-refractivity contribution is 6.30. The van der Waals surface area contributed by atoms with Gasteiger partial charge in [0.2, 0.25) is 5.91 Å². The molecule has 0 fully saturated rings. The van der Waals surface area contributed by atoms with Gasteiger partial charge in [-0.1, -0.05) is 30.5 Å². The van der Waals surface area contributed by atoms with E-state index in [4.69, 9.17) is 11.6 Å². The number of methoxy groups -OCH3 is 1. The van der Waals surface area contributed by atoms with Crippen molar-refractivity contribution in [3.63, 3.8) is 0 Å². The van der Waals surface area contributed by atoms with Crippen LogP contribution in [-0.4, -0.2) is 56.5 Å². The van der Waals surface area contributed by atoms with Gasteiger partial charge in [0.15, 0.2) is 0 Å². The first kappa shape index (κ1) is 31.4. The van der Waals surface area contributed by atoms with Gasteiger partial charge in [-0.3, -0.25) is 15.1 Å². The Balaban J connectivity index is 1.45. The van der Waals surface area contributed by atoms with E-state index in [9.17, 15) is 22.8 Å². The summed E-state index contributed by atoms with van der Waals surface area (Å²) in [6.07, 6.45) is 1.38. The lowest BCUT2D eigenvalue weighted by Crippen LogP contribution is -2.36. The van der Waals surface area contributed by atoms with Crippen LogP contribution in [0.15, 0.2) is 67.1 Å². The number of fused-ring (bicyclic) bond motifs is 4. The molecule has 3 N–H and O–H groups in total. The van der Waals surface area contributed by atoms with Crippen LogP contribution in [-0.2, 0) is 9.53 Å². The smallest absolute Gasteiger partial charge is 0.411 e. The van der Waals surface area contributed by atoms with Gasteiger partial charge in [0.05, 0.1) is 24.5 Å². The highest BCUT2D eigenvalue weighted by Crippen LogP contribution is 2.36. The molecule has 2 bridgehead atoms. The normalized spacial score (nSPS) is 16.9. The van der Waals surface area contributed by atoms with Crippen molar-refractivity contribution in [3.8, 4) is 16.8 Å². The number of nitrogens with zero attached hydrogens (tertiary/aromatic N) is 5. The highest BCUT2D eigenvalue weighted by atomic mass is 35.5. The zero-order valence-corrected chi connectivity index (χ0v) is 24.6. The number of halogens is 4. The predicted molar refractivity (Wildman–Crippen MR) is 162 cm³/mol. The number of carbonyl (C=O) groups excluding carboxylic acids is 2. The Bertz CT molecular complexity index is 1700. The highest BCUT2D eigenvalue weighted by Gasteiger charge is 2.39. The van der Waals surface area contributed by atoms with Crippen LogP contribution in [0.25, 0.3) is 22.9 Å². The standard InChI is InChI=1S/C30H28ClF3N8O3/c1-45-29(44)37-21-8-9-22-18-12-13-35-25(15-18)23(4-2-3-5-27(30(32,33)34)38-24(22)16-21)39-28(43)11-6-19-14-20(31)7-10-26(19)42-17-36-40-41-42/h6-17,23,27,38H,2-5H2,1H3,(H,37,44)(H,39,43)/b11-6+/t23-,27+/m0/s1. The topological polar surface area (TPSA) is 136 Å². The number of hydrogen-bond donors (Lipinski definition) is 3. The second kappa shape index (κ2) is 13.8. The first-order chi connectivity index (χ1) is 21.6. The largest absolute Gasteiger partial charge is 0.453 e. The summed E-state index contributed by atoms with van der Waals surface area (Å²) in [6.45, 7) is 0. The Morgan fingerprint density at radius 2 is 1.93 bits per heavy atom. The molecule has 0 unspecified atom stereocenters. The summed E-state index contributed by atoms with van der Waals surface area (Å²) < 4.78 is 48.4. The fourth-order valence-corrected chi connectivity index (χ4v) is 5.17. The molecule has 0 radical (unpaired) electrons. The van der Waals surface area contributed by atoms with Crippen LogP contribution in [0, 0.1) is 0 Å². The molecule has 15 heteroatoms. The van der Waals surface area contributed by atoms with Crippen LogP contribution in [0.5, 0.6) is 0 Å². The minimum Gasteiger partial charge on any atom is -0.453 e. The van der Waals surface area contributed by atoms with E-state index in [-0.39, 0.29) is 24.2 Å². The van der Waals surface area contributed by atoms with E-state index in [1.165, 1.54) is 30.3 Å². The van der Waals surface area contributed by atoms with E-state index in [0.717, 1.165) is 0 Å². The summed E-state index contributed by atoms with van der Waals surface area (Å²) in [4.78, 5) is 29.4. The third kappa shape index (κ3) is 7.95. The van der Waals surface area contributed by atoms with Gasteiger partial charge < -0.3 is 15.4 Å². The van der Waals surface area contributed by atoms with Gasteiger partial charge in [-0.15, -0.1) is 5.10 Å². The second-order valence-electron chi connectivity index (χ2n) is 10.2. The molecule has 0 spiro atoms. The maximum Gasteiger partial charge on any atom is 0.411 e. The minimum absolute atomic E-state index is 0.173. The Labute approximate surface area is 260 Å². The van der Waals surface area contributed by atoms with Crippen molar-refractivity contribution < 1.29 is 27.5 Å². The minimum atomic E-state index is -4.53. The number of anilines is 2. The van der Waals surface area contributed by atoms with Gasteiger partial charge in [0.25, 0.3) is 0 Å². The number of aromatic nitrogens is 5. The van der Waals surface area contributed by atoms with E-state index in [1.807, 2.05) is 0 Å². The molecular weight excluding hydrogens is 613 g/mol. The molecule has 1 aliphatic heterocycles. The number of alkyl halides is 3. The molecule has 234 valence electrons. The summed E-state index contributed by atoms with van der Waals surface area (Å²) in [6, 6.07) is 10.6. The van der Waals surface area contributed by atoms with Gasteiger partial charge in [-0.05, 0) is 77.4 Å². The predicted octanol–water partition coefficient (Wildman–Crippen LogP) is 6.34. The average Bonchev–Trinajstić information content (AvgIpc) is 3.55. The third-order valence-corrected chi connectivity index (χ3v) is 7.41. The lowest BCUT2D eigenvalue weighted by molar-refractivity contribution is -0.144. The van der Waals surface area contributed by atoms with Gasteiger partial charge in [-0.2, -0.15) is 17.9 Å². The number of benzene rings is 2. The number of pyridine rings is 1. The molecule has 2 aromatic carbocycles. The van der Waals surface area contributed by atoms with Crippen LogP contribution in [0.4, 0.5) is 29.3 Å². The number of tetrazole rings is 1. The summed E-state index contributed by atoms with van der Waals surface area (Å²) >= 11 is 6.18. The van der Waals surface area contributed by atoms with Gasteiger partial charge in [0.1, 0.15) is 12.4 Å². The van der Waals surface area contributed by atoms with Crippen LogP contribution < -0.4 is 16.0 Å². The van der Waals surface area contributed by atoms with E-state index in [0.29, 0.717) is 45.9 Å². The second-order valence-corrected chi connectivity index (χ2v) is 10.7. The number of amides is 2. The van der Waals surface area contributed by atoms with Crippen molar-refractivity contribution in [2.24, 2.45) is 0 Å². The quantitative estimate of drug-likeness (QED) is 0.215. The first-order valence-electron chi connectivity index (χ1n) is 13.9. The monoisotopic (exact) mass is 640 g/mol. The fraction of sp³-hybridized carbons (Fsp3) is 0.267. The molecule has 5 rings (SSSR count). The fourth-order valence-electron chi connectivity index (χ4n) is 4.99.